The first-order valence-electron chi connectivity index (χ1n) is 5.72. The molecule has 0 aromatic carbocycles. The molecule has 0 aromatic heterocycles. The average molecular weight is 207 g/mol. The van der Waals surface area contributed by atoms with Crippen LogP contribution >= 0.6 is 0 Å². The lowest BCUT2D eigenvalue weighted by Crippen LogP contribution is -2.30. The largest absolute Gasteiger partial charge is 0.196 e. The molecule has 1 aliphatic carbocycles. The molecule has 0 bridgehead atoms. The van der Waals surface area contributed by atoms with E-state index in [-0.39, 0.29) is 5.54 Å². The van der Waals surface area contributed by atoms with Gasteiger partial charge in [-0.3, -0.25) is 0 Å². The molecule has 1 aliphatic rings. The van der Waals surface area contributed by atoms with E-state index in [1.165, 1.54) is 0 Å². The van der Waals surface area contributed by atoms with E-state index >= 15 is 0 Å². The molecule has 15 heavy (non-hydrogen) atoms. The van der Waals surface area contributed by atoms with Gasteiger partial charge in [-0.2, -0.15) is 15.5 Å². The lowest BCUT2D eigenvalue weighted by Gasteiger charge is -2.29. The summed E-state index contributed by atoms with van der Waals surface area (Å²) < 4.78 is 0. The van der Waals surface area contributed by atoms with Crippen LogP contribution in [0.2, 0.25) is 0 Å². The number of hydrogen-bond donors (Lipinski definition) is 0. The predicted molar refractivity (Wildman–Crippen MR) is 60.6 cm³/mol. The molecule has 3 heteroatoms. The lowest BCUT2D eigenvalue weighted by molar-refractivity contribution is 0.283. The molecule has 0 aliphatic heterocycles. The summed E-state index contributed by atoms with van der Waals surface area (Å²) in [5.74, 6) is 0.733. The van der Waals surface area contributed by atoms with E-state index in [4.69, 9.17) is 0 Å². The second-order valence-electron chi connectivity index (χ2n) is 5.70. The average Bonchev–Trinajstić information content (AvgIpc) is 2.17. The second kappa shape index (κ2) is 4.30. The number of nitriles is 1. The van der Waals surface area contributed by atoms with Gasteiger partial charge in [0.1, 0.15) is 0 Å². The Bertz CT molecular complexity index is 272. The smallest absolute Gasteiger partial charge is 0.167 e. The van der Waals surface area contributed by atoms with Crippen molar-refractivity contribution >= 4 is 0 Å². The van der Waals surface area contributed by atoms with Gasteiger partial charge in [0.15, 0.2) is 5.54 Å². The molecular weight excluding hydrogens is 186 g/mol. The molecular formula is C12H21N3. The van der Waals surface area contributed by atoms with Gasteiger partial charge in [-0.05, 0) is 52.4 Å². The van der Waals surface area contributed by atoms with Crippen molar-refractivity contribution in [2.24, 2.45) is 16.1 Å². The third-order valence-corrected chi connectivity index (χ3v) is 2.85. The van der Waals surface area contributed by atoms with Gasteiger partial charge in [0.25, 0.3) is 0 Å². The van der Waals surface area contributed by atoms with Crippen LogP contribution in [0.4, 0.5) is 0 Å². The van der Waals surface area contributed by atoms with Crippen molar-refractivity contribution in [2.45, 2.75) is 64.5 Å². The Balaban J connectivity index is 2.71. The molecule has 0 radical (unpaired) electrons. The number of azo groups is 1. The van der Waals surface area contributed by atoms with E-state index in [9.17, 15) is 5.26 Å². The van der Waals surface area contributed by atoms with E-state index in [0.717, 1.165) is 31.6 Å². The van der Waals surface area contributed by atoms with Crippen molar-refractivity contribution in [1.29, 1.82) is 5.26 Å². The third kappa shape index (κ3) is 3.62. The minimum absolute atomic E-state index is 0.174. The van der Waals surface area contributed by atoms with E-state index in [1.54, 1.807) is 0 Å². The molecule has 1 rings (SSSR count). The molecule has 0 atom stereocenters. The van der Waals surface area contributed by atoms with Gasteiger partial charge < -0.3 is 0 Å². The van der Waals surface area contributed by atoms with Crippen LogP contribution in [-0.4, -0.2) is 11.1 Å². The second-order valence-corrected chi connectivity index (χ2v) is 5.70. The van der Waals surface area contributed by atoms with Crippen molar-refractivity contribution < 1.29 is 0 Å². The quantitative estimate of drug-likeness (QED) is 0.604. The van der Waals surface area contributed by atoms with Gasteiger partial charge in [-0.15, -0.1) is 0 Å². The van der Waals surface area contributed by atoms with E-state index in [0.29, 0.717) is 0 Å². The van der Waals surface area contributed by atoms with Gasteiger partial charge in [0, 0.05) is 0 Å². The van der Waals surface area contributed by atoms with Crippen LogP contribution < -0.4 is 0 Å². The fourth-order valence-electron chi connectivity index (χ4n) is 1.72. The highest BCUT2D eigenvalue weighted by Crippen LogP contribution is 2.35. The van der Waals surface area contributed by atoms with Crippen molar-refractivity contribution in [3.8, 4) is 6.07 Å². The first-order valence-corrected chi connectivity index (χ1v) is 5.72. The monoisotopic (exact) mass is 207 g/mol. The maximum absolute atomic E-state index is 9.22. The van der Waals surface area contributed by atoms with Crippen LogP contribution in [0.25, 0.3) is 0 Å². The lowest BCUT2D eigenvalue weighted by atomic mass is 9.79. The molecule has 0 unspecified atom stereocenters. The van der Waals surface area contributed by atoms with Gasteiger partial charge >= 0.3 is 0 Å². The number of rotatable bonds is 1. The topological polar surface area (TPSA) is 48.5 Å². The summed E-state index contributed by atoms with van der Waals surface area (Å²) in [5, 5.41) is 17.8. The Labute approximate surface area is 92.6 Å². The molecule has 1 fully saturated rings. The summed E-state index contributed by atoms with van der Waals surface area (Å²) in [6.45, 7) is 8.26. The molecule has 0 saturated heterocycles. The summed E-state index contributed by atoms with van der Waals surface area (Å²) in [6, 6.07) is 2.35. The minimum Gasteiger partial charge on any atom is -0.196 e. The molecule has 0 aromatic rings. The Morgan fingerprint density at radius 1 is 1.27 bits per heavy atom. The Morgan fingerprint density at radius 3 is 2.20 bits per heavy atom. The third-order valence-electron chi connectivity index (χ3n) is 2.85. The Hall–Kier alpha value is -0.910. The summed E-state index contributed by atoms with van der Waals surface area (Å²) in [7, 11) is 0. The molecule has 0 spiro atoms. The van der Waals surface area contributed by atoms with Crippen LogP contribution in [0.15, 0.2) is 10.2 Å². The summed E-state index contributed by atoms with van der Waals surface area (Å²) in [6.07, 6.45) is 3.92. The SMILES string of the molecule is CC1CCC(C#N)(N=NC(C)(C)C)CC1. The van der Waals surface area contributed by atoms with Gasteiger partial charge in [0.2, 0.25) is 0 Å². The number of hydrogen-bond acceptors (Lipinski definition) is 3. The molecule has 84 valence electrons. The number of nitrogens with zero attached hydrogens (tertiary/aromatic N) is 3. The maximum atomic E-state index is 9.22. The first-order chi connectivity index (χ1) is 6.87. The van der Waals surface area contributed by atoms with Gasteiger partial charge in [0.05, 0.1) is 11.6 Å². The van der Waals surface area contributed by atoms with Crippen LogP contribution in [-0.2, 0) is 0 Å². The molecule has 0 N–H and O–H groups in total. The standard InChI is InChI=1S/C12H21N3/c1-10-5-7-12(9-13,8-6-10)15-14-11(2,3)4/h10H,5-8H2,1-4H3. The Morgan fingerprint density at radius 2 is 1.80 bits per heavy atom. The van der Waals surface area contributed by atoms with Crippen LogP contribution in [0.1, 0.15) is 53.4 Å². The van der Waals surface area contributed by atoms with Crippen molar-refractivity contribution in [1.82, 2.24) is 0 Å². The maximum Gasteiger partial charge on any atom is 0.167 e. The van der Waals surface area contributed by atoms with Crippen molar-refractivity contribution in [2.75, 3.05) is 0 Å². The molecule has 1 saturated carbocycles. The zero-order chi connectivity index (χ0) is 11.5. The fourth-order valence-corrected chi connectivity index (χ4v) is 1.72. The fraction of sp³-hybridized carbons (Fsp3) is 0.917. The zero-order valence-electron chi connectivity index (χ0n) is 10.2. The van der Waals surface area contributed by atoms with Crippen LogP contribution in [0.5, 0.6) is 0 Å². The summed E-state index contributed by atoms with van der Waals surface area (Å²) in [4.78, 5) is 0. The van der Waals surface area contributed by atoms with Gasteiger partial charge in [-0.1, -0.05) is 6.92 Å². The highest BCUT2D eigenvalue weighted by molar-refractivity contribution is 5.08. The first kappa shape index (κ1) is 12.2. The predicted octanol–water partition coefficient (Wildman–Crippen LogP) is 3.71. The molecule has 3 nitrogen and oxygen atoms in total. The van der Waals surface area contributed by atoms with Crippen molar-refractivity contribution in [3.63, 3.8) is 0 Å². The highest BCUT2D eigenvalue weighted by Gasteiger charge is 2.34. The van der Waals surface area contributed by atoms with E-state index in [2.05, 4.69) is 23.2 Å². The summed E-state index contributed by atoms with van der Waals surface area (Å²) >= 11 is 0. The molecule has 0 amide bonds. The van der Waals surface area contributed by atoms with Crippen LogP contribution in [0.3, 0.4) is 0 Å². The summed E-state index contributed by atoms with van der Waals surface area (Å²) in [5.41, 5.74) is -0.702. The van der Waals surface area contributed by atoms with Gasteiger partial charge in [-0.25, -0.2) is 0 Å². The zero-order valence-corrected chi connectivity index (χ0v) is 10.2. The normalized spacial score (nSPS) is 32.9. The molecule has 0 heterocycles. The minimum atomic E-state index is -0.528. The highest BCUT2D eigenvalue weighted by atomic mass is 15.2. The van der Waals surface area contributed by atoms with Crippen molar-refractivity contribution in [3.05, 3.63) is 0 Å². The van der Waals surface area contributed by atoms with E-state index in [1.807, 2.05) is 20.8 Å². The van der Waals surface area contributed by atoms with E-state index < -0.39 is 5.54 Å². The van der Waals surface area contributed by atoms with Crippen LogP contribution in [0, 0.1) is 17.2 Å². The Kier molecular flexibility index (Phi) is 3.49.